The normalized spacial score (nSPS) is 12.1. The number of fused-ring (bicyclic) bond motifs is 14. The molecule has 8 aromatic carbocycles. The summed E-state index contributed by atoms with van der Waals surface area (Å²) >= 11 is 3.77. The smallest absolute Gasteiger partial charge is 0.0893 e. The molecule has 0 bridgehead atoms. The molecule has 14 aromatic rings. The zero-order valence-corrected chi connectivity index (χ0v) is 35.9. The number of hydrogen-bond donors (Lipinski definition) is 0. The summed E-state index contributed by atoms with van der Waals surface area (Å²) in [6.45, 7) is 0. The van der Waals surface area contributed by atoms with Crippen molar-refractivity contribution in [1.29, 1.82) is 0 Å². The lowest BCUT2D eigenvalue weighted by atomic mass is 10.1. The van der Waals surface area contributed by atoms with Crippen molar-refractivity contribution in [2.24, 2.45) is 0 Å². The van der Waals surface area contributed by atoms with Gasteiger partial charge in [-0.15, -0.1) is 22.7 Å². The number of pyridine rings is 2. The molecule has 0 radical (unpaired) electrons. The van der Waals surface area contributed by atoms with Crippen LogP contribution in [0.25, 0.3) is 129 Å². The summed E-state index contributed by atoms with van der Waals surface area (Å²) in [7, 11) is 0. The highest BCUT2D eigenvalue weighted by Crippen LogP contribution is 2.45. The maximum Gasteiger partial charge on any atom is 0.0893 e. The summed E-state index contributed by atoms with van der Waals surface area (Å²) in [6, 6.07) is 74.3. The Morgan fingerprint density at radius 3 is 1.19 bits per heavy atom. The Hall–Kier alpha value is -7.90. The molecule has 0 saturated heterocycles. The molecule has 0 spiro atoms. The fourth-order valence-electron chi connectivity index (χ4n) is 10.1. The third-order valence-electron chi connectivity index (χ3n) is 12.9. The molecule has 0 aliphatic rings. The van der Waals surface area contributed by atoms with E-state index in [0.29, 0.717) is 0 Å². The standard InChI is InChI=1S/C58H34N4S2/c1-5-25-49-43(19-1)55-51(31-29-41-39-17-3-7-27-53(39)63-57(41)55)61(49)37-15-9-13-35(33-37)45-21-11-23-47(59-45)48-24-12-22-46(60-48)36-14-10-16-38(34-36)62-50-26-6-2-20-44(50)56-52(62)32-30-42-40-18-4-8-28-54(40)64-58(42)56/h1-34H. The molecule has 4 nitrogen and oxygen atoms in total. The predicted molar refractivity (Wildman–Crippen MR) is 273 cm³/mol. The second-order valence-corrected chi connectivity index (χ2v) is 18.6. The van der Waals surface area contributed by atoms with Gasteiger partial charge in [0, 0.05) is 84.4 Å². The van der Waals surface area contributed by atoms with Crippen LogP contribution < -0.4 is 0 Å². The third-order valence-corrected chi connectivity index (χ3v) is 15.3. The largest absolute Gasteiger partial charge is 0.309 e. The molecule has 0 aliphatic heterocycles. The van der Waals surface area contributed by atoms with Crippen LogP contribution in [0.5, 0.6) is 0 Å². The van der Waals surface area contributed by atoms with Gasteiger partial charge in [0.15, 0.2) is 0 Å². The van der Waals surface area contributed by atoms with Crippen LogP contribution in [-0.2, 0) is 0 Å². The van der Waals surface area contributed by atoms with Gasteiger partial charge < -0.3 is 9.13 Å². The lowest BCUT2D eigenvalue weighted by Crippen LogP contribution is -1.96. The molecule has 6 heteroatoms. The van der Waals surface area contributed by atoms with E-state index in [9.17, 15) is 0 Å². The van der Waals surface area contributed by atoms with Crippen LogP contribution in [0.4, 0.5) is 0 Å². The Bertz CT molecular complexity index is 3950. The van der Waals surface area contributed by atoms with Crippen molar-refractivity contribution >= 4 is 107 Å². The number of aromatic nitrogens is 4. The number of benzene rings is 8. The average molecular weight is 851 g/mol. The number of rotatable bonds is 5. The molecule has 6 heterocycles. The molecule has 14 rings (SSSR count). The maximum atomic E-state index is 5.25. The zero-order valence-electron chi connectivity index (χ0n) is 34.2. The van der Waals surface area contributed by atoms with E-state index in [-0.39, 0.29) is 0 Å². The number of nitrogens with zero attached hydrogens (tertiary/aromatic N) is 4. The number of hydrogen-bond acceptors (Lipinski definition) is 4. The lowest BCUT2D eigenvalue weighted by Gasteiger charge is -2.12. The van der Waals surface area contributed by atoms with Gasteiger partial charge in [0.25, 0.3) is 0 Å². The summed E-state index contributed by atoms with van der Waals surface area (Å²) < 4.78 is 10.1. The first-order chi connectivity index (χ1) is 31.7. The summed E-state index contributed by atoms with van der Waals surface area (Å²) in [5.74, 6) is 0. The highest BCUT2D eigenvalue weighted by Gasteiger charge is 2.20. The average Bonchev–Trinajstić information content (AvgIpc) is 4.12. The van der Waals surface area contributed by atoms with Gasteiger partial charge in [0.2, 0.25) is 0 Å². The Kier molecular flexibility index (Phi) is 7.69. The van der Waals surface area contributed by atoms with E-state index in [1.807, 2.05) is 22.7 Å². The highest BCUT2D eigenvalue weighted by atomic mass is 32.1. The number of thiophene rings is 2. The predicted octanol–water partition coefficient (Wildman–Crippen LogP) is 16.4. The fourth-order valence-corrected chi connectivity index (χ4v) is 12.6. The highest BCUT2D eigenvalue weighted by molar-refractivity contribution is 7.27. The van der Waals surface area contributed by atoms with Gasteiger partial charge in [-0.25, -0.2) is 9.97 Å². The van der Waals surface area contributed by atoms with E-state index < -0.39 is 0 Å². The molecule has 298 valence electrons. The van der Waals surface area contributed by atoms with Gasteiger partial charge in [-0.3, -0.25) is 0 Å². The third kappa shape index (κ3) is 5.27. The van der Waals surface area contributed by atoms with Crippen molar-refractivity contribution in [2.75, 3.05) is 0 Å². The maximum absolute atomic E-state index is 5.25. The van der Waals surface area contributed by atoms with Crippen LogP contribution in [0.3, 0.4) is 0 Å². The van der Waals surface area contributed by atoms with Crippen molar-refractivity contribution in [1.82, 2.24) is 19.1 Å². The van der Waals surface area contributed by atoms with Crippen LogP contribution in [0.1, 0.15) is 0 Å². The second-order valence-electron chi connectivity index (χ2n) is 16.5. The lowest BCUT2D eigenvalue weighted by molar-refractivity contribution is 1.18. The van der Waals surface area contributed by atoms with Gasteiger partial charge in [-0.05, 0) is 84.9 Å². The Morgan fingerprint density at radius 1 is 0.297 bits per heavy atom. The van der Waals surface area contributed by atoms with Gasteiger partial charge in [-0.2, -0.15) is 0 Å². The van der Waals surface area contributed by atoms with E-state index in [4.69, 9.17) is 9.97 Å². The first kappa shape index (κ1) is 35.7. The van der Waals surface area contributed by atoms with E-state index in [1.54, 1.807) is 0 Å². The molecule has 0 fully saturated rings. The van der Waals surface area contributed by atoms with Crippen LogP contribution in [0, 0.1) is 0 Å². The molecule has 0 atom stereocenters. The summed E-state index contributed by atoms with van der Waals surface area (Å²) in [4.78, 5) is 10.5. The van der Waals surface area contributed by atoms with Crippen molar-refractivity contribution < 1.29 is 0 Å². The van der Waals surface area contributed by atoms with Crippen LogP contribution >= 0.6 is 22.7 Å². The van der Waals surface area contributed by atoms with Crippen molar-refractivity contribution in [2.45, 2.75) is 0 Å². The first-order valence-electron chi connectivity index (χ1n) is 21.6. The van der Waals surface area contributed by atoms with Crippen molar-refractivity contribution in [3.8, 4) is 45.3 Å². The second kappa shape index (κ2) is 13.8. The Balaban J connectivity index is 0.843. The SMILES string of the molecule is c1cc(-c2cccc(-c3cccc(-c4cccc(-n5c6ccccc6c6c7sc8ccccc8c7ccc65)c4)n3)n2)cc(-n2c3ccccc3c3c4sc5ccccc5c4ccc32)c1. The van der Waals surface area contributed by atoms with Gasteiger partial charge >= 0.3 is 0 Å². The molecule has 6 aromatic heterocycles. The molecular weight excluding hydrogens is 817 g/mol. The first-order valence-corrected chi connectivity index (χ1v) is 23.2. The van der Waals surface area contributed by atoms with Crippen molar-refractivity contribution in [3.63, 3.8) is 0 Å². The van der Waals surface area contributed by atoms with Gasteiger partial charge in [-0.1, -0.05) is 121 Å². The monoisotopic (exact) mass is 850 g/mol. The Labute approximate surface area is 375 Å². The summed E-state index contributed by atoms with van der Waals surface area (Å²) in [6.07, 6.45) is 0. The summed E-state index contributed by atoms with van der Waals surface area (Å²) in [5.41, 5.74) is 12.6. The summed E-state index contributed by atoms with van der Waals surface area (Å²) in [5, 5.41) is 10.4. The molecule has 0 N–H and O–H groups in total. The number of para-hydroxylation sites is 2. The minimum absolute atomic E-state index is 0.833. The minimum Gasteiger partial charge on any atom is -0.309 e. The van der Waals surface area contributed by atoms with Crippen LogP contribution in [-0.4, -0.2) is 19.1 Å². The molecule has 0 amide bonds. The van der Waals surface area contributed by atoms with E-state index in [2.05, 4.69) is 215 Å². The van der Waals surface area contributed by atoms with Crippen molar-refractivity contribution in [3.05, 3.63) is 206 Å². The van der Waals surface area contributed by atoms with E-state index in [0.717, 1.165) is 45.3 Å². The van der Waals surface area contributed by atoms with Crippen LogP contribution in [0.15, 0.2) is 206 Å². The quantitative estimate of drug-likeness (QED) is 0.173. The molecule has 64 heavy (non-hydrogen) atoms. The van der Waals surface area contributed by atoms with Crippen LogP contribution in [0.2, 0.25) is 0 Å². The van der Waals surface area contributed by atoms with Gasteiger partial charge in [0.05, 0.1) is 44.8 Å². The van der Waals surface area contributed by atoms with Gasteiger partial charge in [0.1, 0.15) is 0 Å². The molecular formula is C58H34N4S2. The van der Waals surface area contributed by atoms with E-state index >= 15 is 0 Å². The molecule has 0 unspecified atom stereocenters. The topological polar surface area (TPSA) is 35.6 Å². The molecule has 0 saturated carbocycles. The zero-order chi connectivity index (χ0) is 41.9. The minimum atomic E-state index is 0.833. The molecule has 0 aliphatic carbocycles. The fraction of sp³-hybridized carbons (Fsp3) is 0. The van der Waals surface area contributed by atoms with E-state index in [1.165, 1.54) is 84.0 Å². The Morgan fingerprint density at radius 2 is 0.703 bits per heavy atom.